The van der Waals surface area contributed by atoms with Gasteiger partial charge in [-0.2, -0.15) is 0 Å². The molecule has 1 saturated carbocycles. The smallest absolute Gasteiger partial charge is 0.326 e. The number of nitrogens with zero attached hydrogens (tertiary/aromatic N) is 1. The van der Waals surface area contributed by atoms with Crippen molar-refractivity contribution in [3.63, 3.8) is 0 Å². The molecular formula is C13H20N4O3. The lowest BCUT2D eigenvalue weighted by Gasteiger charge is -2.14. The Morgan fingerprint density at radius 2 is 2.40 bits per heavy atom. The van der Waals surface area contributed by atoms with Gasteiger partial charge in [-0.3, -0.25) is 0 Å². The van der Waals surface area contributed by atoms with Crippen molar-refractivity contribution in [3.8, 4) is 0 Å². The second-order valence-corrected chi connectivity index (χ2v) is 5.18. The van der Waals surface area contributed by atoms with Crippen molar-refractivity contribution in [1.82, 2.24) is 20.6 Å². The van der Waals surface area contributed by atoms with Gasteiger partial charge in [0, 0.05) is 24.4 Å². The second kappa shape index (κ2) is 6.40. The summed E-state index contributed by atoms with van der Waals surface area (Å²) in [5.41, 5.74) is 0.674. The Morgan fingerprint density at radius 3 is 3.00 bits per heavy atom. The highest BCUT2D eigenvalue weighted by molar-refractivity contribution is 5.83. The van der Waals surface area contributed by atoms with Crippen molar-refractivity contribution in [2.24, 2.45) is 5.92 Å². The Bertz CT molecular complexity index is 460. The van der Waals surface area contributed by atoms with Gasteiger partial charge in [0.05, 0.1) is 6.33 Å². The van der Waals surface area contributed by atoms with Gasteiger partial charge in [-0.1, -0.05) is 13.3 Å². The molecule has 0 bridgehead atoms. The first kappa shape index (κ1) is 14.4. The molecule has 110 valence electrons. The summed E-state index contributed by atoms with van der Waals surface area (Å²) < 4.78 is 0. The molecule has 1 aromatic rings. The lowest BCUT2D eigenvalue weighted by atomic mass is 10.2. The van der Waals surface area contributed by atoms with E-state index >= 15 is 0 Å². The van der Waals surface area contributed by atoms with Crippen LogP contribution in [0.1, 0.15) is 31.9 Å². The number of carboxylic acids is 1. The molecule has 3 atom stereocenters. The van der Waals surface area contributed by atoms with Gasteiger partial charge in [0.25, 0.3) is 0 Å². The average Bonchev–Trinajstić information content (AvgIpc) is 2.90. The molecule has 1 heterocycles. The standard InChI is InChI=1S/C13H20N4O3/c1-2-3-8-4-10(8)16-13(20)17-11(12(18)19)5-9-6-14-7-15-9/h6-8,10-11H,2-5H2,1H3,(H,14,15)(H,18,19)(H2,16,17,20)/t8?,10?,11-/m0/s1. The summed E-state index contributed by atoms with van der Waals surface area (Å²) >= 11 is 0. The maximum atomic E-state index is 11.8. The molecule has 1 aromatic heterocycles. The Labute approximate surface area is 117 Å². The van der Waals surface area contributed by atoms with Gasteiger partial charge < -0.3 is 20.7 Å². The molecule has 2 amide bonds. The van der Waals surface area contributed by atoms with Gasteiger partial charge >= 0.3 is 12.0 Å². The maximum absolute atomic E-state index is 11.8. The number of aliphatic carboxylic acids is 1. The van der Waals surface area contributed by atoms with Crippen LogP contribution in [0.15, 0.2) is 12.5 Å². The van der Waals surface area contributed by atoms with Crippen LogP contribution >= 0.6 is 0 Å². The number of aromatic nitrogens is 2. The van der Waals surface area contributed by atoms with Crippen molar-refractivity contribution in [2.45, 2.75) is 44.7 Å². The van der Waals surface area contributed by atoms with Gasteiger partial charge in [-0.25, -0.2) is 14.6 Å². The largest absolute Gasteiger partial charge is 0.480 e. The first-order valence-corrected chi connectivity index (χ1v) is 6.87. The van der Waals surface area contributed by atoms with Gasteiger partial charge in [0.15, 0.2) is 0 Å². The number of nitrogens with one attached hydrogen (secondary N) is 3. The summed E-state index contributed by atoms with van der Waals surface area (Å²) in [4.78, 5) is 29.6. The van der Waals surface area contributed by atoms with E-state index in [1.165, 1.54) is 6.33 Å². The molecule has 1 aliphatic carbocycles. The van der Waals surface area contributed by atoms with Crippen LogP contribution in [-0.4, -0.2) is 39.2 Å². The van der Waals surface area contributed by atoms with Crippen molar-refractivity contribution in [1.29, 1.82) is 0 Å². The van der Waals surface area contributed by atoms with E-state index in [4.69, 9.17) is 5.11 Å². The summed E-state index contributed by atoms with van der Waals surface area (Å²) in [6.45, 7) is 2.11. The van der Waals surface area contributed by atoms with Gasteiger partial charge in [0.2, 0.25) is 0 Å². The van der Waals surface area contributed by atoms with Crippen LogP contribution in [0.4, 0.5) is 4.79 Å². The molecule has 1 fully saturated rings. The summed E-state index contributed by atoms with van der Waals surface area (Å²) in [5.74, 6) is -0.516. The second-order valence-electron chi connectivity index (χ2n) is 5.18. The highest BCUT2D eigenvalue weighted by Crippen LogP contribution is 2.34. The fraction of sp³-hybridized carbons (Fsp3) is 0.615. The zero-order valence-corrected chi connectivity index (χ0v) is 11.4. The Hall–Kier alpha value is -2.05. The van der Waals surface area contributed by atoms with E-state index in [2.05, 4.69) is 27.5 Å². The monoisotopic (exact) mass is 280 g/mol. The fourth-order valence-corrected chi connectivity index (χ4v) is 2.30. The predicted molar refractivity (Wildman–Crippen MR) is 72.2 cm³/mol. The number of rotatable bonds is 7. The van der Waals surface area contributed by atoms with Crippen LogP contribution < -0.4 is 10.6 Å². The van der Waals surface area contributed by atoms with Gasteiger partial charge in [0.1, 0.15) is 6.04 Å². The molecule has 2 unspecified atom stereocenters. The molecule has 0 spiro atoms. The van der Waals surface area contributed by atoms with E-state index in [1.807, 2.05) is 0 Å². The van der Waals surface area contributed by atoms with E-state index in [-0.39, 0.29) is 12.5 Å². The third kappa shape index (κ3) is 3.97. The molecule has 0 saturated heterocycles. The molecule has 7 nitrogen and oxygen atoms in total. The predicted octanol–water partition coefficient (Wildman–Crippen LogP) is 0.893. The number of hydrogen-bond acceptors (Lipinski definition) is 3. The van der Waals surface area contributed by atoms with Crippen LogP contribution in [-0.2, 0) is 11.2 Å². The number of imidazole rings is 1. The highest BCUT2D eigenvalue weighted by atomic mass is 16.4. The molecular weight excluding hydrogens is 260 g/mol. The topological polar surface area (TPSA) is 107 Å². The molecule has 7 heteroatoms. The van der Waals surface area contributed by atoms with E-state index in [9.17, 15) is 9.59 Å². The molecule has 0 radical (unpaired) electrons. The number of aromatic amines is 1. The number of amides is 2. The lowest BCUT2D eigenvalue weighted by molar-refractivity contribution is -0.139. The number of carbonyl (C=O) groups is 2. The van der Waals surface area contributed by atoms with E-state index < -0.39 is 18.0 Å². The number of urea groups is 1. The highest BCUT2D eigenvalue weighted by Gasteiger charge is 2.37. The Morgan fingerprint density at radius 1 is 1.60 bits per heavy atom. The van der Waals surface area contributed by atoms with Crippen molar-refractivity contribution in [2.75, 3.05) is 0 Å². The first-order valence-electron chi connectivity index (χ1n) is 6.87. The molecule has 1 aliphatic rings. The minimum Gasteiger partial charge on any atom is -0.480 e. The molecule has 20 heavy (non-hydrogen) atoms. The van der Waals surface area contributed by atoms with Crippen LogP contribution in [0, 0.1) is 5.92 Å². The SMILES string of the molecule is CCCC1CC1NC(=O)N[C@@H](Cc1cnc[nH]1)C(=O)O. The summed E-state index contributed by atoms with van der Waals surface area (Å²) in [6.07, 6.45) is 6.40. The first-order chi connectivity index (χ1) is 9.60. The van der Waals surface area contributed by atoms with Crippen molar-refractivity contribution in [3.05, 3.63) is 18.2 Å². The molecule has 2 rings (SSSR count). The minimum atomic E-state index is -1.06. The molecule has 0 aromatic carbocycles. The number of carboxylic acid groups (broad SMARTS) is 1. The maximum Gasteiger partial charge on any atom is 0.326 e. The third-order valence-electron chi connectivity index (χ3n) is 3.48. The lowest BCUT2D eigenvalue weighted by Crippen LogP contribution is -2.48. The zero-order valence-electron chi connectivity index (χ0n) is 11.4. The molecule has 0 aliphatic heterocycles. The zero-order chi connectivity index (χ0) is 14.5. The van der Waals surface area contributed by atoms with Crippen LogP contribution in [0.5, 0.6) is 0 Å². The van der Waals surface area contributed by atoms with Crippen molar-refractivity contribution < 1.29 is 14.7 Å². The van der Waals surface area contributed by atoms with E-state index in [1.54, 1.807) is 6.20 Å². The third-order valence-corrected chi connectivity index (χ3v) is 3.48. The number of carbonyl (C=O) groups excluding carboxylic acids is 1. The van der Waals surface area contributed by atoms with Crippen LogP contribution in [0.25, 0.3) is 0 Å². The summed E-state index contributed by atoms with van der Waals surface area (Å²) in [6, 6.07) is -1.18. The van der Waals surface area contributed by atoms with Crippen LogP contribution in [0.3, 0.4) is 0 Å². The van der Waals surface area contributed by atoms with Gasteiger partial charge in [-0.05, 0) is 18.8 Å². The Kier molecular flexibility index (Phi) is 4.60. The summed E-state index contributed by atoms with van der Waals surface area (Å²) in [7, 11) is 0. The number of hydrogen-bond donors (Lipinski definition) is 4. The molecule has 4 N–H and O–H groups in total. The number of H-pyrrole nitrogens is 1. The van der Waals surface area contributed by atoms with Crippen molar-refractivity contribution >= 4 is 12.0 Å². The summed E-state index contributed by atoms with van der Waals surface area (Å²) in [5, 5.41) is 14.4. The average molecular weight is 280 g/mol. The Balaban J connectivity index is 1.79. The normalized spacial score (nSPS) is 22.1. The minimum absolute atomic E-state index is 0.186. The van der Waals surface area contributed by atoms with E-state index in [0.29, 0.717) is 11.6 Å². The quantitative estimate of drug-likeness (QED) is 0.595. The van der Waals surface area contributed by atoms with Crippen LogP contribution in [0.2, 0.25) is 0 Å². The fourth-order valence-electron chi connectivity index (χ4n) is 2.30. The van der Waals surface area contributed by atoms with Gasteiger partial charge in [-0.15, -0.1) is 0 Å². The van der Waals surface area contributed by atoms with E-state index in [0.717, 1.165) is 19.3 Å².